The van der Waals surface area contributed by atoms with Crippen molar-refractivity contribution in [3.63, 3.8) is 0 Å². The SMILES string of the molecule is CCCCNC(=O)N(CC(=O)N(Cc1ccc(F)cc1)Cc1sccc1C)C(C)CC. The number of hydrogen-bond acceptors (Lipinski definition) is 3. The van der Waals surface area contributed by atoms with Crippen molar-refractivity contribution in [2.75, 3.05) is 13.1 Å². The Labute approximate surface area is 189 Å². The Morgan fingerprint density at radius 3 is 2.42 bits per heavy atom. The van der Waals surface area contributed by atoms with Gasteiger partial charge in [0.05, 0.1) is 6.54 Å². The minimum atomic E-state index is -0.303. The molecule has 31 heavy (non-hydrogen) atoms. The lowest BCUT2D eigenvalue weighted by Crippen LogP contribution is -2.50. The molecule has 170 valence electrons. The third kappa shape index (κ3) is 7.65. The molecule has 3 amide bonds. The summed E-state index contributed by atoms with van der Waals surface area (Å²) in [5.74, 6) is -0.425. The van der Waals surface area contributed by atoms with Crippen LogP contribution in [0, 0.1) is 12.7 Å². The molecule has 0 aliphatic carbocycles. The van der Waals surface area contributed by atoms with Crippen LogP contribution in [0.25, 0.3) is 0 Å². The van der Waals surface area contributed by atoms with E-state index in [1.807, 2.05) is 32.2 Å². The normalized spacial score (nSPS) is 11.8. The summed E-state index contributed by atoms with van der Waals surface area (Å²) in [6.45, 7) is 9.50. The van der Waals surface area contributed by atoms with Crippen LogP contribution in [-0.2, 0) is 17.9 Å². The lowest BCUT2D eigenvalue weighted by atomic mass is 10.2. The Balaban J connectivity index is 2.18. The van der Waals surface area contributed by atoms with Gasteiger partial charge in [0, 0.05) is 24.0 Å². The zero-order valence-corrected chi connectivity index (χ0v) is 19.8. The van der Waals surface area contributed by atoms with E-state index in [2.05, 4.69) is 12.2 Å². The minimum absolute atomic E-state index is 0.0125. The molecule has 7 heteroatoms. The van der Waals surface area contributed by atoms with E-state index in [-0.39, 0.29) is 30.3 Å². The number of thiophene rings is 1. The second kappa shape index (κ2) is 12.4. The summed E-state index contributed by atoms with van der Waals surface area (Å²) in [5, 5.41) is 4.94. The second-order valence-electron chi connectivity index (χ2n) is 7.87. The fourth-order valence-corrected chi connectivity index (χ4v) is 4.07. The quantitative estimate of drug-likeness (QED) is 0.473. The minimum Gasteiger partial charge on any atom is -0.338 e. The van der Waals surface area contributed by atoms with Crippen molar-refractivity contribution in [3.8, 4) is 0 Å². The summed E-state index contributed by atoms with van der Waals surface area (Å²) in [6, 6.07) is 7.98. The number of halogens is 1. The van der Waals surface area contributed by atoms with E-state index >= 15 is 0 Å². The molecule has 1 atom stereocenters. The van der Waals surface area contributed by atoms with Gasteiger partial charge in [-0.05, 0) is 61.4 Å². The van der Waals surface area contributed by atoms with Crippen LogP contribution in [0.1, 0.15) is 56.0 Å². The van der Waals surface area contributed by atoms with E-state index in [0.29, 0.717) is 19.6 Å². The molecule has 0 saturated heterocycles. The Morgan fingerprint density at radius 1 is 1.13 bits per heavy atom. The molecule has 1 unspecified atom stereocenters. The van der Waals surface area contributed by atoms with E-state index in [0.717, 1.165) is 35.3 Å². The van der Waals surface area contributed by atoms with E-state index in [1.54, 1.807) is 33.3 Å². The van der Waals surface area contributed by atoms with E-state index in [9.17, 15) is 14.0 Å². The van der Waals surface area contributed by atoms with Crippen molar-refractivity contribution in [3.05, 3.63) is 57.5 Å². The number of carbonyl (C=O) groups excluding carboxylic acids is 2. The Morgan fingerprint density at radius 2 is 1.84 bits per heavy atom. The van der Waals surface area contributed by atoms with E-state index in [4.69, 9.17) is 0 Å². The van der Waals surface area contributed by atoms with Crippen LogP contribution in [0.5, 0.6) is 0 Å². The molecular formula is C24H34FN3O2S. The average Bonchev–Trinajstić information content (AvgIpc) is 3.16. The number of urea groups is 1. The molecule has 1 N–H and O–H groups in total. The zero-order valence-electron chi connectivity index (χ0n) is 19.0. The van der Waals surface area contributed by atoms with Crippen molar-refractivity contribution < 1.29 is 14.0 Å². The fourth-order valence-electron chi connectivity index (χ4n) is 3.15. The predicted octanol–water partition coefficient (Wildman–Crippen LogP) is 5.33. The Kier molecular flexibility index (Phi) is 9.98. The molecule has 1 heterocycles. The fraction of sp³-hybridized carbons (Fsp3) is 0.500. The molecule has 2 aromatic rings. The summed E-state index contributed by atoms with van der Waals surface area (Å²) in [6.07, 6.45) is 2.66. The maximum absolute atomic E-state index is 13.4. The van der Waals surface area contributed by atoms with Crippen LogP contribution in [0.4, 0.5) is 9.18 Å². The van der Waals surface area contributed by atoms with Crippen molar-refractivity contribution in [1.29, 1.82) is 0 Å². The lowest BCUT2D eigenvalue weighted by Gasteiger charge is -2.31. The highest BCUT2D eigenvalue weighted by atomic mass is 32.1. The number of nitrogens with one attached hydrogen (secondary N) is 1. The van der Waals surface area contributed by atoms with Crippen LogP contribution < -0.4 is 5.32 Å². The number of amides is 3. The van der Waals surface area contributed by atoms with Gasteiger partial charge >= 0.3 is 6.03 Å². The highest BCUT2D eigenvalue weighted by Crippen LogP contribution is 2.20. The van der Waals surface area contributed by atoms with E-state index in [1.165, 1.54) is 12.1 Å². The molecule has 0 aliphatic heterocycles. The van der Waals surface area contributed by atoms with Gasteiger partial charge in [-0.25, -0.2) is 9.18 Å². The standard InChI is InChI=1S/C24H34FN3O2S/c1-5-7-13-26-24(30)28(19(4)6-2)17-23(29)27(16-22-18(3)12-14-31-22)15-20-8-10-21(25)11-9-20/h8-12,14,19H,5-7,13,15-17H2,1-4H3,(H,26,30). The first-order valence-electron chi connectivity index (χ1n) is 10.9. The molecule has 0 radical (unpaired) electrons. The lowest BCUT2D eigenvalue weighted by molar-refractivity contribution is -0.133. The van der Waals surface area contributed by atoms with Crippen molar-refractivity contribution in [2.45, 2.75) is 66.1 Å². The van der Waals surface area contributed by atoms with Crippen LogP contribution >= 0.6 is 11.3 Å². The summed E-state index contributed by atoms with van der Waals surface area (Å²) >= 11 is 1.61. The summed E-state index contributed by atoms with van der Waals surface area (Å²) < 4.78 is 13.3. The van der Waals surface area contributed by atoms with Gasteiger partial charge < -0.3 is 15.1 Å². The van der Waals surface area contributed by atoms with Gasteiger partial charge in [0.2, 0.25) is 5.91 Å². The first-order chi connectivity index (χ1) is 14.8. The molecule has 1 aromatic carbocycles. The summed E-state index contributed by atoms with van der Waals surface area (Å²) in [7, 11) is 0. The second-order valence-corrected chi connectivity index (χ2v) is 8.87. The number of nitrogens with zero attached hydrogens (tertiary/aromatic N) is 2. The van der Waals surface area contributed by atoms with Gasteiger partial charge in [0.15, 0.2) is 0 Å². The number of benzene rings is 1. The topological polar surface area (TPSA) is 52.7 Å². The molecule has 1 aromatic heterocycles. The van der Waals surface area contributed by atoms with Gasteiger partial charge in [-0.1, -0.05) is 32.4 Å². The zero-order chi connectivity index (χ0) is 22.8. The van der Waals surface area contributed by atoms with Crippen LogP contribution in [0.3, 0.4) is 0 Å². The number of aryl methyl sites for hydroxylation is 1. The maximum Gasteiger partial charge on any atom is 0.318 e. The number of unbranched alkanes of at least 4 members (excludes halogenated alkanes) is 1. The van der Waals surface area contributed by atoms with Gasteiger partial charge in [0.25, 0.3) is 0 Å². The molecule has 5 nitrogen and oxygen atoms in total. The molecule has 0 saturated carbocycles. The van der Waals surface area contributed by atoms with Crippen molar-refractivity contribution in [1.82, 2.24) is 15.1 Å². The maximum atomic E-state index is 13.4. The molecule has 0 fully saturated rings. The molecule has 0 bridgehead atoms. The van der Waals surface area contributed by atoms with Crippen LogP contribution in [0.15, 0.2) is 35.7 Å². The number of hydrogen-bond donors (Lipinski definition) is 1. The Bertz CT molecular complexity index is 838. The third-order valence-electron chi connectivity index (χ3n) is 5.44. The molecule has 0 spiro atoms. The number of rotatable bonds is 11. The smallest absolute Gasteiger partial charge is 0.318 e. The first kappa shape index (κ1) is 24.9. The van der Waals surface area contributed by atoms with Crippen molar-refractivity contribution >= 4 is 23.3 Å². The van der Waals surface area contributed by atoms with E-state index < -0.39 is 0 Å². The monoisotopic (exact) mass is 447 g/mol. The molecular weight excluding hydrogens is 413 g/mol. The highest BCUT2D eigenvalue weighted by Gasteiger charge is 2.25. The highest BCUT2D eigenvalue weighted by molar-refractivity contribution is 7.10. The average molecular weight is 448 g/mol. The van der Waals surface area contributed by atoms with Gasteiger partial charge in [-0.2, -0.15) is 0 Å². The van der Waals surface area contributed by atoms with Gasteiger partial charge in [-0.15, -0.1) is 11.3 Å². The first-order valence-corrected chi connectivity index (χ1v) is 11.8. The third-order valence-corrected chi connectivity index (χ3v) is 6.45. The van der Waals surface area contributed by atoms with Crippen LogP contribution in [0.2, 0.25) is 0 Å². The Hall–Kier alpha value is -2.41. The largest absolute Gasteiger partial charge is 0.338 e. The molecule has 2 rings (SSSR count). The number of carbonyl (C=O) groups is 2. The summed E-state index contributed by atoms with van der Waals surface area (Å²) in [5.41, 5.74) is 1.99. The van der Waals surface area contributed by atoms with Crippen LogP contribution in [-0.4, -0.2) is 40.9 Å². The molecule has 0 aliphatic rings. The van der Waals surface area contributed by atoms with Gasteiger partial charge in [0.1, 0.15) is 12.4 Å². The van der Waals surface area contributed by atoms with Crippen molar-refractivity contribution in [2.24, 2.45) is 0 Å². The predicted molar refractivity (Wildman–Crippen MR) is 124 cm³/mol. The van der Waals surface area contributed by atoms with Gasteiger partial charge in [-0.3, -0.25) is 4.79 Å². The summed E-state index contributed by atoms with van der Waals surface area (Å²) in [4.78, 5) is 30.6.